The second-order valence-corrected chi connectivity index (χ2v) is 7.72. The van der Waals surface area contributed by atoms with Crippen LogP contribution in [0.1, 0.15) is 40.1 Å². The van der Waals surface area contributed by atoms with Crippen LogP contribution < -0.4 is 20.5 Å². The van der Waals surface area contributed by atoms with E-state index in [1.165, 1.54) is 26.5 Å². The van der Waals surface area contributed by atoms with Gasteiger partial charge in [-0.2, -0.15) is 18.3 Å². The number of hydrogen-bond donors (Lipinski definition) is 2. The molecule has 3 N–H and O–H groups in total. The normalized spacial score (nSPS) is 17.8. The van der Waals surface area contributed by atoms with Crippen molar-refractivity contribution in [3.05, 3.63) is 53.3 Å². The lowest BCUT2D eigenvalue weighted by Gasteiger charge is -2.33. The smallest absolute Gasteiger partial charge is 0.410 e. The number of halogens is 3. The maximum atomic E-state index is 14.0. The number of fused-ring (bicyclic) bond motifs is 1. The molecule has 2 aromatic heterocycles. The van der Waals surface area contributed by atoms with Crippen LogP contribution in [-0.2, 0) is 0 Å². The summed E-state index contributed by atoms with van der Waals surface area (Å²) in [5.74, 6) is 0.449. The number of aryl methyl sites for hydroxylation is 1. The van der Waals surface area contributed by atoms with Gasteiger partial charge in [0.2, 0.25) is 0 Å². The molecule has 0 bridgehead atoms. The fourth-order valence-corrected chi connectivity index (χ4v) is 3.98. The van der Waals surface area contributed by atoms with Crippen LogP contribution in [0.15, 0.2) is 36.5 Å². The Morgan fingerprint density at radius 2 is 1.91 bits per heavy atom. The summed E-state index contributed by atoms with van der Waals surface area (Å²) in [6.07, 6.45) is -3.40. The second kappa shape index (κ2) is 8.30. The number of carbonyl (C=O) groups excluding carboxylic acids is 1. The van der Waals surface area contributed by atoms with E-state index in [1.807, 2.05) is 0 Å². The van der Waals surface area contributed by atoms with E-state index in [0.29, 0.717) is 33.9 Å². The number of ether oxygens (including phenoxy) is 2. The summed E-state index contributed by atoms with van der Waals surface area (Å²) in [5.41, 5.74) is 7.29. The lowest BCUT2D eigenvalue weighted by molar-refractivity contribution is -0.173. The van der Waals surface area contributed by atoms with E-state index in [0.717, 1.165) is 4.68 Å². The molecule has 1 aliphatic heterocycles. The van der Waals surface area contributed by atoms with Gasteiger partial charge in [-0.1, -0.05) is 6.07 Å². The zero-order chi connectivity index (χ0) is 23.9. The first-order valence-electron chi connectivity index (χ1n) is 10.0. The number of anilines is 1. The first-order chi connectivity index (χ1) is 15.6. The fourth-order valence-electron chi connectivity index (χ4n) is 3.98. The van der Waals surface area contributed by atoms with E-state index in [1.54, 1.807) is 31.2 Å². The maximum Gasteiger partial charge on any atom is 0.410 e. The molecule has 0 saturated heterocycles. The van der Waals surface area contributed by atoms with Crippen LogP contribution in [0.25, 0.3) is 11.3 Å². The van der Waals surface area contributed by atoms with Crippen LogP contribution in [0.2, 0.25) is 0 Å². The summed E-state index contributed by atoms with van der Waals surface area (Å²) in [7, 11) is 2.96. The number of pyridine rings is 1. The summed E-state index contributed by atoms with van der Waals surface area (Å²) in [5, 5.41) is 7.36. The first-order valence-corrected chi connectivity index (χ1v) is 10.0. The van der Waals surface area contributed by atoms with Gasteiger partial charge in [-0.3, -0.25) is 9.78 Å². The Morgan fingerprint density at radius 3 is 2.52 bits per heavy atom. The molecule has 0 saturated carbocycles. The van der Waals surface area contributed by atoms with Crippen molar-refractivity contribution in [1.82, 2.24) is 14.8 Å². The molecule has 11 heteroatoms. The van der Waals surface area contributed by atoms with Gasteiger partial charge < -0.3 is 20.5 Å². The molecule has 1 aliphatic rings. The number of aromatic nitrogens is 3. The van der Waals surface area contributed by atoms with Gasteiger partial charge in [0.1, 0.15) is 11.5 Å². The van der Waals surface area contributed by atoms with Gasteiger partial charge in [0.15, 0.2) is 17.5 Å². The summed E-state index contributed by atoms with van der Waals surface area (Å²) in [6, 6.07) is 5.71. The van der Waals surface area contributed by atoms with Crippen LogP contribution >= 0.6 is 0 Å². The molecule has 1 amide bonds. The first kappa shape index (κ1) is 22.4. The molecule has 0 aliphatic carbocycles. The highest BCUT2D eigenvalue weighted by Crippen LogP contribution is 2.45. The van der Waals surface area contributed by atoms with E-state index in [2.05, 4.69) is 15.4 Å². The molecular formula is C22H22F3N5O3. The van der Waals surface area contributed by atoms with Gasteiger partial charge in [0, 0.05) is 24.2 Å². The largest absolute Gasteiger partial charge is 0.493 e. The van der Waals surface area contributed by atoms with Crippen molar-refractivity contribution in [2.75, 3.05) is 19.5 Å². The van der Waals surface area contributed by atoms with Gasteiger partial charge in [-0.25, -0.2) is 4.68 Å². The number of carbonyl (C=O) groups is 1. The van der Waals surface area contributed by atoms with Crippen molar-refractivity contribution >= 4 is 11.7 Å². The molecule has 0 radical (unpaired) electrons. The molecule has 2 atom stereocenters. The highest BCUT2D eigenvalue weighted by atomic mass is 19.4. The van der Waals surface area contributed by atoms with Crippen molar-refractivity contribution in [2.45, 2.75) is 31.6 Å². The van der Waals surface area contributed by atoms with Crippen molar-refractivity contribution in [1.29, 1.82) is 0 Å². The number of nitrogens with zero attached hydrogens (tertiary/aromatic N) is 3. The standard InChI is InChI=1S/C22H22F3N5O3/c1-11-6-13(10-27-20(11)21(26)31)15-9-19-28-14(8-18(22(23,24)25)30(19)29-15)12-4-5-16(32-2)17(7-12)33-3/h4-7,9-10,14,18,28H,8H2,1-3H3,(H2,26,31). The van der Waals surface area contributed by atoms with E-state index >= 15 is 0 Å². The topological polar surface area (TPSA) is 104 Å². The third kappa shape index (κ3) is 4.18. The predicted molar refractivity (Wildman–Crippen MR) is 114 cm³/mol. The SMILES string of the molecule is COc1ccc(C2CC(C(F)(F)F)n3nc(-c4cnc(C(N)=O)c(C)c4)cc3N2)cc1OC. The Hall–Kier alpha value is -3.76. The number of amides is 1. The highest BCUT2D eigenvalue weighted by molar-refractivity contribution is 5.92. The Labute approximate surface area is 187 Å². The van der Waals surface area contributed by atoms with Gasteiger partial charge in [0.05, 0.1) is 26.0 Å². The number of benzene rings is 1. The number of primary amides is 1. The monoisotopic (exact) mass is 461 g/mol. The summed E-state index contributed by atoms with van der Waals surface area (Å²) in [4.78, 5) is 15.5. The predicted octanol–water partition coefficient (Wildman–Crippen LogP) is 4.03. The molecule has 174 valence electrons. The zero-order valence-electron chi connectivity index (χ0n) is 18.1. The lowest BCUT2D eigenvalue weighted by atomic mass is 9.96. The number of nitrogens with two attached hydrogens (primary N) is 1. The Kier molecular flexibility index (Phi) is 5.64. The molecule has 1 aromatic carbocycles. The molecule has 0 fully saturated rings. The van der Waals surface area contributed by atoms with Crippen molar-refractivity contribution in [3.63, 3.8) is 0 Å². The molecule has 3 aromatic rings. The minimum Gasteiger partial charge on any atom is -0.493 e. The van der Waals surface area contributed by atoms with Crippen molar-refractivity contribution < 1.29 is 27.4 Å². The van der Waals surface area contributed by atoms with Gasteiger partial charge in [-0.05, 0) is 36.2 Å². The minimum absolute atomic E-state index is 0.0996. The molecule has 4 rings (SSSR count). The van der Waals surface area contributed by atoms with Crippen molar-refractivity contribution in [2.24, 2.45) is 5.73 Å². The van der Waals surface area contributed by atoms with Crippen LogP contribution in [-0.4, -0.2) is 41.1 Å². The van der Waals surface area contributed by atoms with Crippen molar-refractivity contribution in [3.8, 4) is 22.8 Å². The Bertz CT molecular complexity index is 1210. The number of rotatable bonds is 5. The molecule has 33 heavy (non-hydrogen) atoms. The van der Waals surface area contributed by atoms with E-state index in [9.17, 15) is 18.0 Å². The number of methoxy groups -OCH3 is 2. The van der Waals surface area contributed by atoms with E-state index in [-0.39, 0.29) is 17.9 Å². The average Bonchev–Trinajstić information content (AvgIpc) is 3.21. The summed E-state index contributed by atoms with van der Waals surface area (Å²) >= 11 is 0. The van der Waals surface area contributed by atoms with E-state index in [4.69, 9.17) is 15.2 Å². The quantitative estimate of drug-likeness (QED) is 0.595. The fraction of sp³-hybridized carbons (Fsp3) is 0.318. The maximum absolute atomic E-state index is 14.0. The van der Waals surface area contributed by atoms with Crippen LogP contribution in [0.5, 0.6) is 11.5 Å². The number of alkyl halides is 3. The van der Waals surface area contributed by atoms with E-state index < -0.39 is 24.2 Å². The van der Waals surface area contributed by atoms with Crippen LogP contribution in [0.3, 0.4) is 0 Å². The number of hydrogen-bond acceptors (Lipinski definition) is 6. The second-order valence-electron chi connectivity index (χ2n) is 7.72. The van der Waals surface area contributed by atoms with Gasteiger partial charge >= 0.3 is 6.18 Å². The summed E-state index contributed by atoms with van der Waals surface area (Å²) in [6.45, 7) is 1.65. The Balaban J connectivity index is 1.74. The molecule has 3 heterocycles. The average molecular weight is 461 g/mol. The zero-order valence-corrected chi connectivity index (χ0v) is 18.1. The molecule has 8 nitrogen and oxygen atoms in total. The van der Waals surface area contributed by atoms with Gasteiger partial charge in [-0.15, -0.1) is 0 Å². The summed E-state index contributed by atoms with van der Waals surface area (Å²) < 4.78 is 53.4. The third-order valence-electron chi connectivity index (χ3n) is 5.61. The molecular weight excluding hydrogens is 439 g/mol. The van der Waals surface area contributed by atoms with Crippen LogP contribution in [0, 0.1) is 6.92 Å². The highest BCUT2D eigenvalue weighted by Gasteiger charge is 2.46. The number of nitrogens with one attached hydrogen (secondary N) is 1. The van der Waals surface area contributed by atoms with Gasteiger partial charge in [0.25, 0.3) is 5.91 Å². The third-order valence-corrected chi connectivity index (χ3v) is 5.61. The Morgan fingerprint density at radius 1 is 1.18 bits per heavy atom. The molecule has 2 unspecified atom stereocenters. The minimum atomic E-state index is -4.51. The molecule has 0 spiro atoms. The van der Waals surface area contributed by atoms with Crippen LogP contribution in [0.4, 0.5) is 19.0 Å². The lowest BCUT2D eigenvalue weighted by Crippen LogP contribution is -2.35.